The minimum absolute atomic E-state index is 0.223. The lowest BCUT2D eigenvalue weighted by atomic mass is 10.1. The van der Waals surface area contributed by atoms with Crippen LogP contribution in [0.4, 0.5) is 0 Å². The molecular formula is C14H12Cl2N2O. The maximum Gasteiger partial charge on any atom is 0.270 e. The first-order valence-electron chi connectivity index (χ1n) is 5.75. The standard InChI is InChI=1S/C14H12Cl2N2O/c1-9(11-6-5-10(15)8-12(11)16)18-14(19)13-4-2-3-7-17-13/h2-9H,1H3,(H,18,19). The van der Waals surface area contributed by atoms with Gasteiger partial charge in [-0.05, 0) is 36.8 Å². The van der Waals surface area contributed by atoms with E-state index in [2.05, 4.69) is 10.3 Å². The number of nitrogens with zero attached hydrogens (tertiary/aromatic N) is 1. The molecule has 0 saturated carbocycles. The van der Waals surface area contributed by atoms with Crippen LogP contribution in [0, 0.1) is 0 Å². The largest absolute Gasteiger partial charge is 0.344 e. The van der Waals surface area contributed by atoms with Gasteiger partial charge in [0.1, 0.15) is 5.69 Å². The van der Waals surface area contributed by atoms with E-state index in [4.69, 9.17) is 23.2 Å². The summed E-state index contributed by atoms with van der Waals surface area (Å²) in [7, 11) is 0. The lowest BCUT2D eigenvalue weighted by Crippen LogP contribution is -2.27. The van der Waals surface area contributed by atoms with Crippen molar-refractivity contribution in [2.75, 3.05) is 0 Å². The molecule has 2 rings (SSSR count). The molecule has 19 heavy (non-hydrogen) atoms. The molecule has 1 unspecified atom stereocenters. The second kappa shape index (κ2) is 6.04. The zero-order chi connectivity index (χ0) is 13.8. The molecule has 98 valence electrons. The number of carbonyl (C=O) groups excluding carboxylic acids is 1. The molecule has 1 aromatic carbocycles. The summed E-state index contributed by atoms with van der Waals surface area (Å²) in [4.78, 5) is 16.0. The minimum Gasteiger partial charge on any atom is -0.344 e. The number of nitrogens with one attached hydrogen (secondary N) is 1. The highest BCUT2D eigenvalue weighted by atomic mass is 35.5. The molecule has 1 atom stereocenters. The van der Waals surface area contributed by atoms with Gasteiger partial charge in [-0.1, -0.05) is 35.3 Å². The maximum atomic E-state index is 12.0. The first-order valence-corrected chi connectivity index (χ1v) is 6.50. The molecule has 0 aliphatic carbocycles. The molecular weight excluding hydrogens is 283 g/mol. The molecule has 1 aromatic heterocycles. The summed E-state index contributed by atoms with van der Waals surface area (Å²) in [6.07, 6.45) is 1.58. The summed E-state index contributed by atoms with van der Waals surface area (Å²) in [5.41, 5.74) is 1.19. The number of hydrogen-bond donors (Lipinski definition) is 1. The number of hydrogen-bond acceptors (Lipinski definition) is 2. The van der Waals surface area contributed by atoms with E-state index in [1.54, 1.807) is 42.6 Å². The number of carbonyl (C=O) groups is 1. The van der Waals surface area contributed by atoms with Gasteiger partial charge in [0.05, 0.1) is 6.04 Å². The van der Waals surface area contributed by atoms with Crippen molar-refractivity contribution in [2.45, 2.75) is 13.0 Å². The van der Waals surface area contributed by atoms with Crippen LogP contribution in [0.15, 0.2) is 42.6 Å². The second-order valence-electron chi connectivity index (χ2n) is 4.08. The Morgan fingerprint density at radius 3 is 2.68 bits per heavy atom. The Labute approximate surface area is 121 Å². The van der Waals surface area contributed by atoms with E-state index in [-0.39, 0.29) is 11.9 Å². The van der Waals surface area contributed by atoms with Crippen molar-refractivity contribution < 1.29 is 4.79 Å². The van der Waals surface area contributed by atoms with E-state index in [0.717, 1.165) is 5.56 Å². The van der Waals surface area contributed by atoms with Crippen molar-refractivity contribution in [1.29, 1.82) is 0 Å². The monoisotopic (exact) mass is 294 g/mol. The van der Waals surface area contributed by atoms with Gasteiger partial charge in [0, 0.05) is 16.2 Å². The number of rotatable bonds is 3. The van der Waals surface area contributed by atoms with Crippen LogP contribution in [-0.2, 0) is 0 Å². The van der Waals surface area contributed by atoms with Gasteiger partial charge in [0.15, 0.2) is 0 Å². The summed E-state index contributed by atoms with van der Waals surface area (Å²) in [5, 5.41) is 3.94. The normalized spacial score (nSPS) is 11.9. The SMILES string of the molecule is CC(NC(=O)c1ccccn1)c1ccc(Cl)cc1Cl. The Kier molecular flexibility index (Phi) is 4.40. The van der Waals surface area contributed by atoms with E-state index in [0.29, 0.717) is 15.7 Å². The van der Waals surface area contributed by atoms with Crippen LogP contribution < -0.4 is 5.32 Å². The molecule has 0 aliphatic heterocycles. The third-order valence-electron chi connectivity index (χ3n) is 2.67. The Morgan fingerprint density at radius 2 is 2.05 bits per heavy atom. The molecule has 1 amide bonds. The van der Waals surface area contributed by atoms with Crippen molar-refractivity contribution in [3.05, 3.63) is 63.9 Å². The topological polar surface area (TPSA) is 42.0 Å². The highest BCUT2D eigenvalue weighted by Crippen LogP contribution is 2.26. The lowest BCUT2D eigenvalue weighted by Gasteiger charge is -2.15. The van der Waals surface area contributed by atoms with Crippen molar-refractivity contribution in [1.82, 2.24) is 10.3 Å². The van der Waals surface area contributed by atoms with Gasteiger partial charge in [-0.3, -0.25) is 9.78 Å². The Morgan fingerprint density at radius 1 is 1.26 bits per heavy atom. The highest BCUT2D eigenvalue weighted by molar-refractivity contribution is 6.35. The van der Waals surface area contributed by atoms with Gasteiger partial charge < -0.3 is 5.32 Å². The summed E-state index contributed by atoms with van der Waals surface area (Å²) >= 11 is 11.9. The van der Waals surface area contributed by atoms with Gasteiger partial charge in [0.25, 0.3) is 5.91 Å². The first kappa shape index (κ1) is 13.8. The molecule has 0 fully saturated rings. The second-order valence-corrected chi connectivity index (χ2v) is 4.92. The average molecular weight is 295 g/mol. The van der Waals surface area contributed by atoms with Gasteiger partial charge >= 0.3 is 0 Å². The third-order valence-corrected chi connectivity index (χ3v) is 3.24. The van der Waals surface area contributed by atoms with Crippen molar-refractivity contribution in [3.63, 3.8) is 0 Å². The molecule has 0 spiro atoms. The Hall–Kier alpha value is -1.58. The van der Waals surface area contributed by atoms with Crippen LogP contribution in [-0.4, -0.2) is 10.9 Å². The predicted octanol–water partition coefficient (Wildman–Crippen LogP) is 3.88. The number of pyridine rings is 1. The molecule has 2 aromatic rings. The van der Waals surface area contributed by atoms with Crippen molar-refractivity contribution in [2.24, 2.45) is 0 Å². The quantitative estimate of drug-likeness (QED) is 0.933. The number of amides is 1. The highest BCUT2D eigenvalue weighted by Gasteiger charge is 2.14. The summed E-state index contributed by atoms with van der Waals surface area (Å²) < 4.78 is 0. The van der Waals surface area contributed by atoms with Crippen molar-refractivity contribution in [3.8, 4) is 0 Å². The van der Waals surface area contributed by atoms with E-state index < -0.39 is 0 Å². The fourth-order valence-electron chi connectivity index (χ4n) is 1.70. The predicted molar refractivity (Wildman–Crippen MR) is 76.6 cm³/mol. The molecule has 0 aliphatic rings. The molecule has 0 saturated heterocycles. The van der Waals surface area contributed by atoms with Crippen LogP contribution in [0.5, 0.6) is 0 Å². The van der Waals surface area contributed by atoms with Gasteiger partial charge in [-0.25, -0.2) is 0 Å². The third kappa shape index (κ3) is 3.46. The molecule has 0 radical (unpaired) electrons. The average Bonchev–Trinajstić information content (AvgIpc) is 2.39. The number of benzene rings is 1. The summed E-state index contributed by atoms with van der Waals surface area (Å²) in [5.74, 6) is -0.237. The smallest absolute Gasteiger partial charge is 0.270 e. The van der Waals surface area contributed by atoms with Crippen molar-refractivity contribution >= 4 is 29.1 Å². The van der Waals surface area contributed by atoms with Crippen LogP contribution in [0.2, 0.25) is 10.0 Å². The first-order chi connectivity index (χ1) is 9.08. The van der Waals surface area contributed by atoms with Gasteiger partial charge in [-0.15, -0.1) is 0 Å². The fourth-order valence-corrected chi connectivity index (χ4v) is 2.27. The molecule has 0 bridgehead atoms. The van der Waals surface area contributed by atoms with E-state index >= 15 is 0 Å². The zero-order valence-corrected chi connectivity index (χ0v) is 11.7. The summed E-state index contributed by atoms with van der Waals surface area (Å²) in [6, 6.07) is 10.2. The van der Waals surface area contributed by atoms with E-state index in [1.807, 2.05) is 6.92 Å². The molecule has 5 heteroatoms. The Bertz CT molecular complexity index is 587. The molecule has 1 heterocycles. The molecule has 3 nitrogen and oxygen atoms in total. The van der Waals surface area contributed by atoms with Crippen LogP contribution in [0.1, 0.15) is 29.0 Å². The van der Waals surface area contributed by atoms with E-state index in [9.17, 15) is 4.79 Å². The van der Waals surface area contributed by atoms with Gasteiger partial charge in [-0.2, -0.15) is 0 Å². The minimum atomic E-state index is -0.237. The number of halogens is 2. The lowest BCUT2D eigenvalue weighted by molar-refractivity contribution is 0.0935. The van der Waals surface area contributed by atoms with Crippen LogP contribution >= 0.6 is 23.2 Å². The zero-order valence-electron chi connectivity index (χ0n) is 10.2. The van der Waals surface area contributed by atoms with Crippen LogP contribution in [0.3, 0.4) is 0 Å². The molecule has 1 N–H and O–H groups in total. The Balaban J connectivity index is 2.13. The fraction of sp³-hybridized carbons (Fsp3) is 0.143. The van der Waals surface area contributed by atoms with Crippen LogP contribution in [0.25, 0.3) is 0 Å². The number of aromatic nitrogens is 1. The summed E-state index contributed by atoms with van der Waals surface area (Å²) in [6.45, 7) is 1.86. The maximum absolute atomic E-state index is 12.0. The van der Waals surface area contributed by atoms with E-state index in [1.165, 1.54) is 0 Å². The van der Waals surface area contributed by atoms with Gasteiger partial charge in [0.2, 0.25) is 0 Å².